The van der Waals surface area contributed by atoms with E-state index in [1.807, 2.05) is 4.68 Å². The number of nitrogens with zero attached hydrogens (tertiary/aromatic N) is 7. The lowest BCUT2D eigenvalue weighted by Gasteiger charge is -2.38. The highest BCUT2D eigenvalue weighted by Gasteiger charge is 2.32. The second kappa shape index (κ2) is 10.4. The molecule has 0 N–H and O–H groups in total. The summed E-state index contributed by atoms with van der Waals surface area (Å²) in [4.78, 5) is 5.02. The molecule has 180 valence electrons. The van der Waals surface area contributed by atoms with E-state index in [2.05, 4.69) is 130 Å². The highest BCUT2D eigenvalue weighted by molar-refractivity contribution is 5.49. The largest absolute Gasteiger partial charge is 0.353 e. The highest BCUT2D eigenvalue weighted by atomic mass is 15.6. The third-order valence-electron chi connectivity index (χ3n) is 6.90. The Bertz CT molecular complexity index is 1260. The molecule has 1 saturated heterocycles. The molecule has 7 nitrogen and oxygen atoms in total. The number of rotatable bonds is 7. The fourth-order valence-corrected chi connectivity index (χ4v) is 5.01. The molecule has 0 radical (unpaired) electrons. The summed E-state index contributed by atoms with van der Waals surface area (Å²) in [7, 11) is 2.10. The lowest BCUT2D eigenvalue weighted by atomic mass is 10.1. The van der Waals surface area contributed by atoms with Crippen LogP contribution in [0.4, 0.5) is 0 Å². The molecular formula is C28H33N7. The third kappa shape index (κ3) is 4.97. The summed E-state index contributed by atoms with van der Waals surface area (Å²) >= 11 is 0. The molecular weight excluding hydrogens is 434 g/mol. The van der Waals surface area contributed by atoms with E-state index < -0.39 is 0 Å². The van der Waals surface area contributed by atoms with Gasteiger partial charge in [-0.25, -0.2) is 0 Å². The molecule has 2 aromatic carbocycles. The van der Waals surface area contributed by atoms with Gasteiger partial charge in [0.15, 0.2) is 5.82 Å². The van der Waals surface area contributed by atoms with Crippen LogP contribution in [0.1, 0.15) is 34.3 Å². The van der Waals surface area contributed by atoms with Crippen molar-refractivity contribution >= 4 is 6.08 Å². The molecule has 3 heterocycles. The molecule has 0 aliphatic carbocycles. The average Bonchev–Trinajstić information content (AvgIpc) is 3.51. The number of para-hydroxylation sites is 1. The summed E-state index contributed by atoms with van der Waals surface area (Å²) in [5.74, 6) is 0.863. The standard InChI is InChI=1S/C28H33N7/c1-22-10-7-11-23(2)26(22)35-28(29-30-31-35)27(25-15-9-16-32(25)3)34-20-18-33(19-21-34)17-8-14-24-12-5-4-6-13-24/h4-16,27H,17-21H2,1-3H3/b14-8+/t27-/m1/s1. The van der Waals surface area contributed by atoms with Crippen molar-refractivity contribution in [2.75, 3.05) is 32.7 Å². The average molecular weight is 468 g/mol. The fourth-order valence-electron chi connectivity index (χ4n) is 5.01. The maximum atomic E-state index is 4.57. The maximum absolute atomic E-state index is 4.57. The Morgan fingerprint density at radius 1 is 0.886 bits per heavy atom. The van der Waals surface area contributed by atoms with E-state index in [1.165, 1.54) is 22.4 Å². The summed E-state index contributed by atoms with van der Waals surface area (Å²) in [5, 5.41) is 13.1. The summed E-state index contributed by atoms with van der Waals surface area (Å²) in [6.07, 6.45) is 6.57. The van der Waals surface area contributed by atoms with Crippen LogP contribution in [0.3, 0.4) is 0 Å². The van der Waals surface area contributed by atoms with Gasteiger partial charge in [0, 0.05) is 51.7 Å². The number of benzene rings is 2. The first-order valence-electron chi connectivity index (χ1n) is 12.3. The lowest BCUT2D eigenvalue weighted by molar-refractivity contribution is 0.111. The molecule has 1 aliphatic heterocycles. The van der Waals surface area contributed by atoms with Gasteiger partial charge in [0.25, 0.3) is 0 Å². The van der Waals surface area contributed by atoms with Crippen molar-refractivity contribution in [2.24, 2.45) is 7.05 Å². The van der Waals surface area contributed by atoms with Gasteiger partial charge in [0.05, 0.1) is 5.69 Å². The van der Waals surface area contributed by atoms with Crippen LogP contribution >= 0.6 is 0 Å². The van der Waals surface area contributed by atoms with Crippen molar-refractivity contribution in [1.82, 2.24) is 34.6 Å². The van der Waals surface area contributed by atoms with E-state index in [0.29, 0.717) is 0 Å². The first-order valence-corrected chi connectivity index (χ1v) is 12.3. The zero-order valence-corrected chi connectivity index (χ0v) is 20.7. The Morgan fingerprint density at radius 3 is 2.31 bits per heavy atom. The second-order valence-electron chi connectivity index (χ2n) is 9.29. The van der Waals surface area contributed by atoms with Gasteiger partial charge in [-0.2, -0.15) is 4.68 Å². The molecule has 7 heteroatoms. The number of hydrogen-bond donors (Lipinski definition) is 0. The molecule has 4 aromatic rings. The predicted octanol–water partition coefficient (Wildman–Crippen LogP) is 4.04. The molecule has 1 atom stereocenters. The SMILES string of the molecule is Cc1cccc(C)c1-n1nnnc1[C@@H](c1cccn1C)N1CCN(C/C=C/c2ccccc2)CC1. The van der Waals surface area contributed by atoms with E-state index in [0.717, 1.165) is 44.2 Å². The number of hydrogen-bond acceptors (Lipinski definition) is 5. The van der Waals surface area contributed by atoms with Crippen LogP contribution in [0.25, 0.3) is 11.8 Å². The Hall–Kier alpha value is -3.55. The Balaban J connectivity index is 1.38. The molecule has 35 heavy (non-hydrogen) atoms. The van der Waals surface area contributed by atoms with Crippen molar-refractivity contribution in [3.63, 3.8) is 0 Å². The minimum Gasteiger partial charge on any atom is -0.353 e. The molecule has 5 rings (SSSR count). The highest BCUT2D eigenvalue weighted by Crippen LogP contribution is 2.30. The first-order chi connectivity index (χ1) is 17.1. The fraction of sp³-hybridized carbons (Fsp3) is 0.321. The Morgan fingerprint density at radius 2 is 1.63 bits per heavy atom. The second-order valence-corrected chi connectivity index (χ2v) is 9.29. The molecule has 0 unspecified atom stereocenters. The smallest absolute Gasteiger partial charge is 0.179 e. The van der Waals surface area contributed by atoms with Gasteiger partial charge in [-0.15, -0.1) is 5.10 Å². The Kier molecular flexibility index (Phi) is 6.88. The van der Waals surface area contributed by atoms with Crippen LogP contribution in [0.2, 0.25) is 0 Å². The topological polar surface area (TPSA) is 55.0 Å². The monoisotopic (exact) mass is 467 g/mol. The number of piperazine rings is 1. The number of aromatic nitrogens is 5. The normalized spacial score (nSPS) is 16.2. The van der Waals surface area contributed by atoms with Gasteiger partial charge < -0.3 is 4.57 Å². The molecule has 0 amide bonds. The molecule has 1 fully saturated rings. The summed E-state index contributed by atoms with van der Waals surface area (Å²) < 4.78 is 4.13. The minimum atomic E-state index is -0.0222. The van der Waals surface area contributed by atoms with Gasteiger partial charge in [-0.1, -0.05) is 60.7 Å². The summed E-state index contributed by atoms with van der Waals surface area (Å²) in [5.41, 5.74) is 5.84. The van der Waals surface area contributed by atoms with E-state index in [9.17, 15) is 0 Å². The zero-order valence-electron chi connectivity index (χ0n) is 20.7. The van der Waals surface area contributed by atoms with E-state index in [1.54, 1.807) is 0 Å². The van der Waals surface area contributed by atoms with Crippen LogP contribution in [-0.2, 0) is 7.05 Å². The van der Waals surface area contributed by atoms with E-state index >= 15 is 0 Å². The predicted molar refractivity (Wildman–Crippen MR) is 139 cm³/mol. The van der Waals surface area contributed by atoms with E-state index in [-0.39, 0.29) is 6.04 Å². The summed E-state index contributed by atoms with van der Waals surface area (Å²) in [6, 6.07) is 21.1. The number of tetrazole rings is 1. The zero-order chi connectivity index (χ0) is 24.2. The van der Waals surface area contributed by atoms with E-state index in [4.69, 9.17) is 0 Å². The van der Waals surface area contributed by atoms with Crippen LogP contribution in [0.5, 0.6) is 0 Å². The minimum absolute atomic E-state index is 0.0222. The van der Waals surface area contributed by atoms with Crippen LogP contribution in [-0.4, -0.2) is 67.3 Å². The summed E-state index contributed by atoms with van der Waals surface area (Å²) in [6.45, 7) is 9.11. The van der Waals surface area contributed by atoms with Crippen LogP contribution < -0.4 is 0 Å². The Labute approximate surface area is 207 Å². The molecule has 0 bridgehead atoms. The quantitative estimate of drug-likeness (QED) is 0.411. The van der Waals surface area contributed by atoms with Crippen molar-refractivity contribution in [2.45, 2.75) is 19.9 Å². The van der Waals surface area contributed by atoms with Crippen LogP contribution in [0.15, 0.2) is 72.9 Å². The molecule has 0 saturated carbocycles. The molecule has 1 aliphatic rings. The third-order valence-corrected chi connectivity index (χ3v) is 6.90. The number of aryl methyl sites for hydroxylation is 3. The van der Waals surface area contributed by atoms with Crippen LogP contribution in [0, 0.1) is 13.8 Å². The molecule has 0 spiro atoms. The van der Waals surface area contributed by atoms with Gasteiger partial charge >= 0.3 is 0 Å². The van der Waals surface area contributed by atoms with Gasteiger partial charge in [-0.05, 0) is 53.1 Å². The van der Waals surface area contributed by atoms with Crippen molar-refractivity contribution < 1.29 is 0 Å². The van der Waals surface area contributed by atoms with Gasteiger partial charge in [-0.3, -0.25) is 9.80 Å². The van der Waals surface area contributed by atoms with Gasteiger partial charge in [0.1, 0.15) is 6.04 Å². The van der Waals surface area contributed by atoms with Crippen molar-refractivity contribution in [1.29, 1.82) is 0 Å². The van der Waals surface area contributed by atoms with Crippen molar-refractivity contribution in [3.05, 3.63) is 101 Å². The lowest BCUT2D eigenvalue weighted by Crippen LogP contribution is -2.48. The van der Waals surface area contributed by atoms with Crippen molar-refractivity contribution in [3.8, 4) is 5.69 Å². The van der Waals surface area contributed by atoms with Gasteiger partial charge in [0.2, 0.25) is 0 Å². The first kappa shape index (κ1) is 23.2. The molecule has 2 aromatic heterocycles. The maximum Gasteiger partial charge on any atom is 0.179 e.